The number of aliphatic carboxylic acids is 1. The molecule has 1 aromatic heterocycles. The molecule has 2 aromatic carbocycles. The highest BCUT2D eigenvalue weighted by Crippen LogP contribution is 2.24. The van der Waals surface area contributed by atoms with Crippen molar-refractivity contribution in [1.82, 2.24) is 15.6 Å². The molecular formula is C24H25F2N5O5. The number of hydrogen-bond donors (Lipinski definition) is 4. The Kier molecular flexibility index (Phi) is 7.93. The molecule has 0 saturated carbocycles. The smallest absolute Gasteiger partial charge is 0.326 e. The zero-order chi connectivity index (χ0) is 25.5. The quantitative estimate of drug-likeness (QED) is 0.311. The number of guanidine groups is 1. The second-order valence-electron chi connectivity index (χ2n) is 8.12. The van der Waals surface area contributed by atoms with Gasteiger partial charge in [-0.3, -0.25) is 15.1 Å². The molecule has 0 aliphatic carbocycles. The van der Waals surface area contributed by atoms with E-state index < -0.39 is 23.6 Å². The van der Waals surface area contributed by atoms with Crippen LogP contribution in [0.5, 0.6) is 5.75 Å². The normalized spacial score (nSPS) is 14.0. The Morgan fingerprint density at radius 3 is 2.72 bits per heavy atom. The van der Waals surface area contributed by atoms with Crippen LogP contribution in [0.25, 0.3) is 11.1 Å². The zero-order valence-electron chi connectivity index (χ0n) is 19.2. The summed E-state index contributed by atoms with van der Waals surface area (Å²) in [7, 11) is 0. The molecule has 0 fully saturated rings. The van der Waals surface area contributed by atoms with E-state index in [0.29, 0.717) is 36.8 Å². The minimum atomic E-state index is -1.19. The molecule has 2 heterocycles. The third kappa shape index (κ3) is 6.46. The van der Waals surface area contributed by atoms with Gasteiger partial charge in [0.2, 0.25) is 11.7 Å². The van der Waals surface area contributed by atoms with E-state index in [1.54, 1.807) is 24.3 Å². The molecule has 1 aliphatic heterocycles. The van der Waals surface area contributed by atoms with Crippen LogP contribution in [0.3, 0.4) is 0 Å². The maximum atomic E-state index is 13.8. The summed E-state index contributed by atoms with van der Waals surface area (Å²) in [5, 5.41) is 17.9. The van der Waals surface area contributed by atoms with E-state index in [1.807, 2.05) is 0 Å². The van der Waals surface area contributed by atoms with Crippen LogP contribution in [0.2, 0.25) is 0 Å². The van der Waals surface area contributed by atoms with Crippen molar-refractivity contribution in [2.24, 2.45) is 4.99 Å². The highest BCUT2D eigenvalue weighted by atomic mass is 19.2. The summed E-state index contributed by atoms with van der Waals surface area (Å²) in [6.07, 6.45) is 1.82. The Morgan fingerprint density at radius 1 is 1.19 bits per heavy atom. The van der Waals surface area contributed by atoms with Gasteiger partial charge in [0.25, 0.3) is 6.01 Å². The molecule has 1 aliphatic rings. The van der Waals surface area contributed by atoms with Crippen LogP contribution in [-0.2, 0) is 16.0 Å². The number of rotatable bonds is 10. The number of carboxylic acid groups (broad SMARTS) is 1. The van der Waals surface area contributed by atoms with Gasteiger partial charge in [-0.2, -0.15) is 9.37 Å². The van der Waals surface area contributed by atoms with Crippen molar-refractivity contribution in [3.8, 4) is 5.75 Å². The summed E-state index contributed by atoms with van der Waals surface area (Å²) >= 11 is 0. The van der Waals surface area contributed by atoms with Crippen molar-refractivity contribution < 1.29 is 32.6 Å². The maximum Gasteiger partial charge on any atom is 0.326 e. The number of ether oxygens (including phenoxy) is 1. The van der Waals surface area contributed by atoms with Crippen LogP contribution < -0.4 is 20.7 Å². The van der Waals surface area contributed by atoms with E-state index in [1.165, 1.54) is 6.07 Å². The van der Waals surface area contributed by atoms with Crippen LogP contribution in [-0.4, -0.2) is 53.7 Å². The number of aliphatic imine (C=N–C) groups is 1. The molecule has 4 N–H and O–H groups in total. The molecule has 3 aromatic rings. The fourth-order valence-electron chi connectivity index (χ4n) is 3.54. The second kappa shape index (κ2) is 11.5. The van der Waals surface area contributed by atoms with Crippen LogP contribution in [0.4, 0.5) is 14.8 Å². The van der Waals surface area contributed by atoms with Gasteiger partial charge in [-0.1, -0.05) is 12.1 Å². The highest BCUT2D eigenvalue weighted by molar-refractivity contribution is 5.97. The molecule has 1 atom stereocenters. The van der Waals surface area contributed by atoms with Gasteiger partial charge in [-0.05, 0) is 42.7 Å². The topological polar surface area (TPSA) is 138 Å². The Balaban J connectivity index is 1.26. The average Bonchev–Trinajstić information content (AvgIpc) is 3.29. The fourth-order valence-corrected chi connectivity index (χ4v) is 3.54. The first-order chi connectivity index (χ1) is 17.4. The van der Waals surface area contributed by atoms with Crippen molar-refractivity contribution in [2.45, 2.75) is 31.7 Å². The van der Waals surface area contributed by atoms with E-state index in [2.05, 4.69) is 25.9 Å². The molecule has 12 heteroatoms. The average molecular weight is 501 g/mol. The maximum absolute atomic E-state index is 13.8. The number of carbonyl (C=O) groups is 2. The Morgan fingerprint density at radius 2 is 2.00 bits per heavy atom. The monoisotopic (exact) mass is 501 g/mol. The van der Waals surface area contributed by atoms with Gasteiger partial charge in [-0.15, -0.1) is 0 Å². The van der Waals surface area contributed by atoms with Gasteiger partial charge < -0.3 is 24.9 Å². The van der Waals surface area contributed by atoms with Crippen molar-refractivity contribution in [2.75, 3.05) is 25.0 Å². The number of benzene rings is 2. The van der Waals surface area contributed by atoms with E-state index in [4.69, 9.17) is 9.15 Å². The molecule has 0 unspecified atom stereocenters. The lowest BCUT2D eigenvalue weighted by molar-refractivity contribution is -0.138. The number of anilines is 1. The molecule has 190 valence electrons. The first kappa shape index (κ1) is 24.9. The molecule has 4 rings (SSSR count). The minimum absolute atomic E-state index is 0.0685. The predicted octanol–water partition coefficient (Wildman–Crippen LogP) is 2.84. The van der Waals surface area contributed by atoms with Gasteiger partial charge in [0.05, 0.1) is 6.61 Å². The van der Waals surface area contributed by atoms with E-state index in [-0.39, 0.29) is 35.9 Å². The summed E-state index contributed by atoms with van der Waals surface area (Å²) < 4.78 is 38.1. The summed E-state index contributed by atoms with van der Waals surface area (Å²) in [5.41, 5.74) is 0.370. The third-order valence-electron chi connectivity index (χ3n) is 5.38. The van der Waals surface area contributed by atoms with Gasteiger partial charge >= 0.3 is 5.97 Å². The van der Waals surface area contributed by atoms with E-state index in [9.17, 15) is 23.5 Å². The largest absolute Gasteiger partial charge is 0.494 e. The lowest BCUT2D eigenvalue weighted by Crippen LogP contribution is -2.43. The number of fused-ring (bicyclic) bond motifs is 1. The summed E-state index contributed by atoms with van der Waals surface area (Å²) in [6, 6.07) is 7.64. The molecule has 0 spiro atoms. The SMILES string of the molecule is O=C(CCCOc1ccc(C[C@H](Nc2nc3ccc(F)c(F)c3o2)C(=O)O)cc1)NC1=NCCCN1. The number of aromatic nitrogens is 1. The van der Waals surface area contributed by atoms with Crippen LogP contribution in [0, 0.1) is 11.6 Å². The first-order valence-electron chi connectivity index (χ1n) is 11.4. The third-order valence-corrected chi connectivity index (χ3v) is 5.38. The number of nitrogens with zero attached hydrogens (tertiary/aromatic N) is 2. The van der Waals surface area contributed by atoms with E-state index >= 15 is 0 Å². The van der Waals surface area contributed by atoms with Crippen molar-refractivity contribution in [3.63, 3.8) is 0 Å². The summed E-state index contributed by atoms with van der Waals surface area (Å²) in [4.78, 5) is 31.8. The lowest BCUT2D eigenvalue weighted by Gasteiger charge is -2.15. The fraction of sp³-hybridized carbons (Fsp3) is 0.333. The molecule has 0 bridgehead atoms. The summed E-state index contributed by atoms with van der Waals surface area (Å²) in [6.45, 7) is 1.82. The number of hydrogen-bond acceptors (Lipinski definition) is 8. The zero-order valence-corrected chi connectivity index (χ0v) is 19.2. The number of nitrogens with one attached hydrogen (secondary N) is 3. The van der Waals surface area contributed by atoms with Crippen LogP contribution in [0.15, 0.2) is 45.8 Å². The van der Waals surface area contributed by atoms with Gasteiger partial charge in [0.15, 0.2) is 17.4 Å². The minimum Gasteiger partial charge on any atom is -0.494 e. The Labute approximate surface area is 204 Å². The van der Waals surface area contributed by atoms with Crippen LogP contribution >= 0.6 is 0 Å². The van der Waals surface area contributed by atoms with Gasteiger partial charge in [0.1, 0.15) is 17.3 Å². The van der Waals surface area contributed by atoms with Gasteiger partial charge in [0, 0.05) is 25.9 Å². The molecule has 1 amide bonds. The van der Waals surface area contributed by atoms with E-state index in [0.717, 1.165) is 19.0 Å². The molecule has 10 nitrogen and oxygen atoms in total. The molecule has 36 heavy (non-hydrogen) atoms. The van der Waals surface area contributed by atoms with Gasteiger partial charge in [-0.25, -0.2) is 9.18 Å². The van der Waals surface area contributed by atoms with Crippen molar-refractivity contribution in [1.29, 1.82) is 0 Å². The summed E-state index contributed by atoms with van der Waals surface area (Å²) in [5.74, 6) is -2.50. The number of amides is 1. The van der Waals surface area contributed by atoms with Crippen LogP contribution in [0.1, 0.15) is 24.8 Å². The molecule has 0 radical (unpaired) electrons. The number of carbonyl (C=O) groups excluding carboxylic acids is 1. The predicted molar refractivity (Wildman–Crippen MR) is 127 cm³/mol. The highest BCUT2D eigenvalue weighted by Gasteiger charge is 2.22. The van der Waals surface area contributed by atoms with Crippen molar-refractivity contribution in [3.05, 3.63) is 53.6 Å². The number of halogens is 2. The standard InChI is InChI=1S/C24H25F2N5O5/c25-16-8-9-17-21(20(16)26)36-24(29-17)30-18(22(33)34)13-14-4-6-15(7-5-14)35-12-1-3-19(32)31-23-27-10-2-11-28-23/h4-9,18H,1-3,10-13H2,(H,29,30)(H,33,34)(H2,27,28,31,32)/t18-/m0/s1. The molecule has 0 saturated heterocycles. The Hall–Kier alpha value is -4.22. The second-order valence-corrected chi connectivity index (χ2v) is 8.12. The lowest BCUT2D eigenvalue weighted by atomic mass is 10.1. The first-order valence-corrected chi connectivity index (χ1v) is 11.4. The number of oxazole rings is 1. The number of carboxylic acids is 1. The molecular weight excluding hydrogens is 476 g/mol. The Bertz CT molecular complexity index is 1260. The van der Waals surface area contributed by atoms with Crippen molar-refractivity contribution >= 4 is 35.0 Å².